The second kappa shape index (κ2) is 9.01. The Morgan fingerprint density at radius 3 is 2.23 bits per heavy atom. The van der Waals surface area contributed by atoms with Crippen molar-refractivity contribution in [2.75, 3.05) is 6.61 Å². The van der Waals surface area contributed by atoms with Gasteiger partial charge < -0.3 is 20.8 Å². The number of amides is 2. The van der Waals surface area contributed by atoms with Gasteiger partial charge in [0.15, 0.2) is 0 Å². The molecule has 2 amide bonds. The van der Waals surface area contributed by atoms with Gasteiger partial charge in [-0.2, -0.15) is 0 Å². The number of aryl methyl sites for hydroxylation is 2. The molecule has 1 atom stereocenters. The molecule has 0 aliphatic heterocycles. The SMILES string of the molecule is Cc1ccc(CC(CO)NC(=O)NCc2ccc(C(=O)O)cc2)cc1C. The molecule has 138 valence electrons. The van der Waals surface area contributed by atoms with Crippen molar-refractivity contribution >= 4 is 12.0 Å². The van der Waals surface area contributed by atoms with Crippen LogP contribution in [0.2, 0.25) is 0 Å². The first-order valence-corrected chi connectivity index (χ1v) is 8.42. The van der Waals surface area contributed by atoms with Gasteiger partial charge in [-0.3, -0.25) is 0 Å². The number of carbonyl (C=O) groups is 2. The van der Waals surface area contributed by atoms with E-state index in [2.05, 4.69) is 16.7 Å². The maximum atomic E-state index is 12.0. The summed E-state index contributed by atoms with van der Waals surface area (Å²) >= 11 is 0. The van der Waals surface area contributed by atoms with Crippen LogP contribution in [-0.2, 0) is 13.0 Å². The second-order valence-electron chi connectivity index (χ2n) is 6.33. The van der Waals surface area contributed by atoms with Crippen molar-refractivity contribution in [3.8, 4) is 0 Å². The standard InChI is InChI=1S/C20H24N2O4/c1-13-3-4-16(9-14(13)2)10-18(12-23)22-20(26)21-11-15-5-7-17(8-6-15)19(24)25/h3-9,18,23H,10-12H2,1-2H3,(H,24,25)(H2,21,22,26). The largest absolute Gasteiger partial charge is 0.478 e. The van der Waals surface area contributed by atoms with Crippen LogP contribution in [-0.4, -0.2) is 34.9 Å². The normalized spacial score (nSPS) is 11.7. The van der Waals surface area contributed by atoms with Crippen LogP contribution in [0.15, 0.2) is 42.5 Å². The molecule has 0 saturated carbocycles. The van der Waals surface area contributed by atoms with Crippen LogP contribution < -0.4 is 10.6 Å². The van der Waals surface area contributed by atoms with E-state index in [1.165, 1.54) is 23.3 Å². The van der Waals surface area contributed by atoms with Crippen LogP contribution in [0.1, 0.15) is 32.6 Å². The van der Waals surface area contributed by atoms with Gasteiger partial charge in [0.05, 0.1) is 18.2 Å². The van der Waals surface area contributed by atoms with Gasteiger partial charge in [0.2, 0.25) is 0 Å². The van der Waals surface area contributed by atoms with Crippen LogP contribution in [0, 0.1) is 13.8 Å². The highest BCUT2D eigenvalue weighted by Gasteiger charge is 2.12. The molecule has 2 rings (SSSR count). The fourth-order valence-electron chi connectivity index (χ4n) is 2.56. The predicted molar refractivity (Wildman–Crippen MR) is 99.3 cm³/mol. The van der Waals surface area contributed by atoms with E-state index in [4.69, 9.17) is 5.11 Å². The van der Waals surface area contributed by atoms with Gasteiger partial charge in [-0.1, -0.05) is 30.3 Å². The summed E-state index contributed by atoms with van der Waals surface area (Å²) in [5.41, 5.74) is 4.42. The maximum Gasteiger partial charge on any atom is 0.335 e. The minimum absolute atomic E-state index is 0.159. The Hall–Kier alpha value is -2.86. The number of rotatable bonds is 7. The summed E-state index contributed by atoms with van der Waals surface area (Å²) in [6.45, 7) is 4.18. The number of urea groups is 1. The summed E-state index contributed by atoms with van der Waals surface area (Å²) in [5, 5.41) is 23.9. The summed E-state index contributed by atoms with van der Waals surface area (Å²) in [5.74, 6) is -0.987. The molecule has 0 spiro atoms. The Labute approximate surface area is 152 Å². The molecular weight excluding hydrogens is 332 g/mol. The van der Waals surface area contributed by atoms with Crippen LogP contribution in [0.3, 0.4) is 0 Å². The lowest BCUT2D eigenvalue weighted by Gasteiger charge is -2.17. The molecule has 0 bridgehead atoms. The van der Waals surface area contributed by atoms with Crippen molar-refractivity contribution in [3.05, 3.63) is 70.3 Å². The highest BCUT2D eigenvalue weighted by atomic mass is 16.4. The maximum absolute atomic E-state index is 12.0. The van der Waals surface area contributed by atoms with E-state index in [1.54, 1.807) is 12.1 Å². The summed E-state index contributed by atoms with van der Waals surface area (Å²) in [6, 6.07) is 11.6. The van der Waals surface area contributed by atoms with Crippen LogP contribution >= 0.6 is 0 Å². The monoisotopic (exact) mass is 356 g/mol. The van der Waals surface area contributed by atoms with Gasteiger partial charge in [-0.25, -0.2) is 9.59 Å². The third-order valence-electron chi connectivity index (χ3n) is 4.26. The topological polar surface area (TPSA) is 98.7 Å². The Morgan fingerprint density at radius 2 is 1.65 bits per heavy atom. The van der Waals surface area contributed by atoms with E-state index in [0.717, 1.165) is 11.1 Å². The molecule has 26 heavy (non-hydrogen) atoms. The molecule has 0 radical (unpaired) electrons. The average molecular weight is 356 g/mol. The van der Waals surface area contributed by atoms with Crippen molar-refractivity contribution in [1.82, 2.24) is 10.6 Å². The molecule has 6 heteroatoms. The van der Waals surface area contributed by atoms with Crippen molar-refractivity contribution < 1.29 is 19.8 Å². The van der Waals surface area contributed by atoms with E-state index in [0.29, 0.717) is 6.42 Å². The molecule has 4 N–H and O–H groups in total. The summed E-state index contributed by atoms with van der Waals surface area (Å²) in [7, 11) is 0. The molecule has 0 heterocycles. The lowest BCUT2D eigenvalue weighted by atomic mass is 10.0. The smallest absolute Gasteiger partial charge is 0.335 e. The van der Waals surface area contributed by atoms with Crippen molar-refractivity contribution in [1.29, 1.82) is 0 Å². The molecule has 2 aromatic rings. The van der Waals surface area contributed by atoms with Crippen molar-refractivity contribution in [2.45, 2.75) is 32.9 Å². The first kappa shape index (κ1) is 19.5. The highest BCUT2D eigenvalue weighted by Crippen LogP contribution is 2.11. The van der Waals surface area contributed by atoms with Crippen molar-refractivity contribution in [3.63, 3.8) is 0 Å². The number of carboxylic acids is 1. The third kappa shape index (κ3) is 5.60. The summed E-state index contributed by atoms with van der Waals surface area (Å²) in [6.07, 6.45) is 0.540. The molecule has 0 fully saturated rings. The zero-order chi connectivity index (χ0) is 19.1. The lowest BCUT2D eigenvalue weighted by molar-refractivity contribution is 0.0697. The minimum atomic E-state index is -0.987. The van der Waals surface area contributed by atoms with Crippen molar-refractivity contribution in [2.24, 2.45) is 0 Å². The number of aromatic carboxylic acids is 1. The van der Waals surface area contributed by atoms with Gasteiger partial charge in [0.1, 0.15) is 0 Å². The van der Waals surface area contributed by atoms with Crippen LogP contribution in [0.5, 0.6) is 0 Å². The highest BCUT2D eigenvalue weighted by molar-refractivity contribution is 5.87. The zero-order valence-electron chi connectivity index (χ0n) is 15.0. The Morgan fingerprint density at radius 1 is 1.00 bits per heavy atom. The van der Waals surface area contributed by atoms with E-state index in [9.17, 15) is 14.7 Å². The van der Waals surface area contributed by atoms with E-state index >= 15 is 0 Å². The van der Waals surface area contributed by atoms with Gasteiger partial charge in [-0.05, 0) is 54.7 Å². The van der Waals surface area contributed by atoms with Crippen LogP contribution in [0.25, 0.3) is 0 Å². The quantitative estimate of drug-likeness (QED) is 0.612. The second-order valence-corrected chi connectivity index (χ2v) is 6.33. The first-order valence-electron chi connectivity index (χ1n) is 8.42. The molecular formula is C20H24N2O4. The molecule has 6 nitrogen and oxygen atoms in total. The average Bonchev–Trinajstić information content (AvgIpc) is 2.62. The fraction of sp³-hybridized carbons (Fsp3) is 0.300. The number of hydrogen-bond acceptors (Lipinski definition) is 3. The van der Waals surface area contributed by atoms with Gasteiger partial charge in [0.25, 0.3) is 0 Å². The predicted octanol–water partition coefficient (Wildman–Crippen LogP) is 2.40. The van der Waals surface area contributed by atoms with Gasteiger partial charge in [-0.15, -0.1) is 0 Å². The van der Waals surface area contributed by atoms with E-state index in [-0.39, 0.29) is 30.8 Å². The number of nitrogens with one attached hydrogen (secondary N) is 2. The summed E-state index contributed by atoms with van der Waals surface area (Å²) in [4.78, 5) is 22.9. The minimum Gasteiger partial charge on any atom is -0.478 e. The third-order valence-corrected chi connectivity index (χ3v) is 4.26. The zero-order valence-corrected chi connectivity index (χ0v) is 15.0. The van der Waals surface area contributed by atoms with Crippen LogP contribution in [0.4, 0.5) is 4.79 Å². The lowest BCUT2D eigenvalue weighted by Crippen LogP contribution is -2.44. The molecule has 0 aliphatic rings. The number of aliphatic hydroxyl groups is 1. The number of carbonyl (C=O) groups excluding carboxylic acids is 1. The molecule has 0 aliphatic carbocycles. The number of benzene rings is 2. The number of aliphatic hydroxyl groups excluding tert-OH is 1. The molecule has 0 saturated heterocycles. The molecule has 2 aromatic carbocycles. The molecule has 0 aromatic heterocycles. The Kier molecular flexibility index (Phi) is 6.74. The number of hydrogen-bond donors (Lipinski definition) is 4. The Bertz CT molecular complexity index is 772. The van der Waals surface area contributed by atoms with E-state index < -0.39 is 5.97 Å². The molecule has 1 unspecified atom stereocenters. The summed E-state index contributed by atoms with van der Waals surface area (Å²) < 4.78 is 0. The first-order chi connectivity index (χ1) is 12.4. The Balaban J connectivity index is 1.86. The van der Waals surface area contributed by atoms with Gasteiger partial charge >= 0.3 is 12.0 Å². The number of carboxylic acid groups (broad SMARTS) is 1. The van der Waals surface area contributed by atoms with Gasteiger partial charge in [0, 0.05) is 6.54 Å². The fourth-order valence-corrected chi connectivity index (χ4v) is 2.56. The van der Waals surface area contributed by atoms with E-state index in [1.807, 2.05) is 26.0 Å².